The summed E-state index contributed by atoms with van der Waals surface area (Å²) in [6, 6.07) is 16.0. The third-order valence-corrected chi connectivity index (χ3v) is 5.23. The van der Waals surface area contributed by atoms with E-state index in [1.54, 1.807) is 4.90 Å². The first-order valence-corrected chi connectivity index (χ1v) is 8.75. The molecule has 0 aliphatic carbocycles. The number of nitrogens with one attached hydrogen (secondary N) is 1. The van der Waals surface area contributed by atoms with E-state index in [1.165, 1.54) is 17.3 Å². The van der Waals surface area contributed by atoms with Gasteiger partial charge in [0.2, 0.25) is 5.91 Å². The molecule has 1 atom stereocenters. The van der Waals surface area contributed by atoms with Crippen molar-refractivity contribution in [1.29, 1.82) is 0 Å². The lowest BCUT2D eigenvalue weighted by Crippen LogP contribution is -2.33. The lowest BCUT2D eigenvalue weighted by Gasteiger charge is -2.16. The Morgan fingerprint density at radius 1 is 1.13 bits per heavy atom. The van der Waals surface area contributed by atoms with E-state index in [2.05, 4.69) is 24.4 Å². The zero-order valence-electron chi connectivity index (χ0n) is 13.1. The summed E-state index contributed by atoms with van der Waals surface area (Å²) in [5, 5.41) is 3.14. The van der Waals surface area contributed by atoms with Crippen LogP contribution in [0.2, 0.25) is 0 Å². The Balaban J connectivity index is 1.70. The summed E-state index contributed by atoms with van der Waals surface area (Å²) in [6.07, 6.45) is 0. The topological polar surface area (TPSA) is 32.3 Å². The van der Waals surface area contributed by atoms with E-state index < -0.39 is 0 Å². The number of amides is 1. The first-order chi connectivity index (χ1) is 11.0. The van der Waals surface area contributed by atoms with Crippen LogP contribution in [0.15, 0.2) is 48.5 Å². The molecule has 0 aromatic heterocycles. The fourth-order valence-electron chi connectivity index (χ4n) is 2.48. The normalized spacial score (nSPS) is 17.7. The highest BCUT2D eigenvalue weighted by Crippen LogP contribution is 2.32. The molecule has 1 heterocycles. The second-order valence-corrected chi connectivity index (χ2v) is 7.47. The van der Waals surface area contributed by atoms with Gasteiger partial charge >= 0.3 is 0 Å². The van der Waals surface area contributed by atoms with Gasteiger partial charge in [0.05, 0.1) is 5.69 Å². The van der Waals surface area contributed by atoms with Gasteiger partial charge in [0, 0.05) is 12.2 Å². The summed E-state index contributed by atoms with van der Waals surface area (Å²) in [5.74, 6) is 0.0454. The third-order valence-electron chi connectivity index (χ3n) is 3.72. The Bertz CT molecular complexity index is 743. The van der Waals surface area contributed by atoms with Crippen molar-refractivity contribution in [1.82, 2.24) is 0 Å². The molecule has 3 rings (SSSR count). The molecule has 1 aliphatic rings. The average molecular weight is 342 g/mol. The number of hydrogen-bond acceptors (Lipinski definition) is 4. The van der Waals surface area contributed by atoms with E-state index in [0.29, 0.717) is 10.9 Å². The van der Waals surface area contributed by atoms with E-state index >= 15 is 0 Å². The molecule has 0 saturated carbocycles. The van der Waals surface area contributed by atoms with Crippen molar-refractivity contribution in [3.63, 3.8) is 0 Å². The summed E-state index contributed by atoms with van der Waals surface area (Å²) in [4.78, 5) is 14.3. The molecule has 5 heteroatoms. The zero-order valence-corrected chi connectivity index (χ0v) is 14.7. The van der Waals surface area contributed by atoms with Crippen molar-refractivity contribution in [2.24, 2.45) is 0 Å². The lowest BCUT2D eigenvalue weighted by molar-refractivity contribution is -0.116. The van der Waals surface area contributed by atoms with Gasteiger partial charge in [-0.2, -0.15) is 0 Å². The molecule has 1 amide bonds. The van der Waals surface area contributed by atoms with Crippen LogP contribution in [-0.4, -0.2) is 22.0 Å². The quantitative estimate of drug-likeness (QED) is 0.846. The van der Waals surface area contributed by atoms with Crippen molar-refractivity contribution in [3.05, 3.63) is 59.7 Å². The Labute approximate surface area is 146 Å². The van der Waals surface area contributed by atoms with Gasteiger partial charge in [-0.3, -0.25) is 9.69 Å². The lowest BCUT2D eigenvalue weighted by atomic mass is 10.2. The largest absolute Gasteiger partial charge is 0.383 e. The summed E-state index contributed by atoms with van der Waals surface area (Å²) in [7, 11) is 0. The number of benzene rings is 2. The summed E-state index contributed by atoms with van der Waals surface area (Å²) < 4.78 is 0.620. The smallest absolute Gasteiger partial charge is 0.247 e. The molecule has 1 saturated heterocycles. The molecule has 1 N–H and O–H groups in total. The predicted molar refractivity (Wildman–Crippen MR) is 102 cm³/mol. The average Bonchev–Trinajstić information content (AvgIpc) is 2.81. The highest BCUT2D eigenvalue weighted by atomic mass is 32.2. The first-order valence-electron chi connectivity index (χ1n) is 7.46. The van der Waals surface area contributed by atoms with Gasteiger partial charge in [-0.1, -0.05) is 53.8 Å². The maximum atomic E-state index is 12.7. The number of nitrogens with zero attached hydrogens (tertiary/aromatic N) is 1. The maximum Gasteiger partial charge on any atom is 0.247 e. The van der Waals surface area contributed by atoms with Crippen molar-refractivity contribution in [3.8, 4) is 0 Å². The molecule has 23 heavy (non-hydrogen) atoms. The Kier molecular flexibility index (Phi) is 4.68. The molecule has 0 spiro atoms. The van der Waals surface area contributed by atoms with Crippen LogP contribution in [0, 0.1) is 13.8 Å². The van der Waals surface area contributed by atoms with E-state index in [1.807, 2.05) is 43.3 Å². The van der Waals surface area contributed by atoms with Crippen LogP contribution in [0.25, 0.3) is 0 Å². The zero-order chi connectivity index (χ0) is 16.4. The Morgan fingerprint density at radius 2 is 1.87 bits per heavy atom. The molecule has 1 aliphatic heterocycles. The number of carbonyl (C=O) groups is 1. The van der Waals surface area contributed by atoms with Gasteiger partial charge in [0.15, 0.2) is 0 Å². The fraction of sp³-hybridized carbons (Fsp3) is 0.222. The van der Waals surface area contributed by atoms with Gasteiger partial charge in [-0.25, -0.2) is 0 Å². The minimum absolute atomic E-state index is 0.0454. The standard InChI is InChI=1S/C18H18N2OS2/c1-12-6-8-15(9-7-12)20-17(21)16(23-18(20)22)11-19-14-5-3-4-13(2)10-14/h3-10,16,19H,11H2,1-2H3. The molecular formula is C18H18N2OS2. The SMILES string of the molecule is Cc1ccc(N2C(=O)C(CNc3cccc(C)c3)SC2=S)cc1. The number of carbonyl (C=O) groups excluding carboxylic acids is 1. The van der Waals surface area contributed by atoms with Crippen molar-refractivity contribution < 1.29 is 4.79 Å². The number of anilines is 2. The molecule has 2 aromatic carbocycles. The molecule has 2 aromatic rings. The van der Waals surface area contributed by atoms with E-state index in [0.717, 1.165) is 16.9 Å². The van der Waals surface area contributed by atoms with Crippen LogP contribution in [0.1, 0.15) is 11.1 Å². The van der Waals surface area contributed by atoms with E-state index in [9.17, 15) is 4.79 Å². The summed E-state index contributed by atoms with van der Waals surface area (Å²) in [5.41, 5.74) is 4.23. The Hall–Kier alpha value is -1.85. The minimum Gasteiger partial charge on any atom is -0.383 e. The van der Waals surface area contributed by atoms with Crippen LogP contribution in [-0.2, 0) is 4.79 Å². The number of thiocarbonyl (C=S) groups is 1. The third kappa shape index (κ3) is 3.57. The number of thioether (sulfide) groups is 1. The van der Waals surface area contributed by atoms with Gasteiger partial charge in [0.1, 0.15) is 9.57 Å². The molecule has 1 unspecified atom stereocenters. The van der Waals surface area contributed by atoms with Crippen molar-refractivity contribution in [2.75, 3.05) is 16.8 Å². The van der Waals surface area contributed by atoms with Crippen LogP contribution < -0.4 is 10.2 Å². The molecule has 1 fully saturated rings. The number of rotatable bonds is 4. The second kappa shape index (κ2) is 6.72. The summed E-state index contributed by atoms with van der Waals surface area (Å²) in [6.45, 7) is 4.64. The van der Waals surface area contributed by atoms with Crippen LogP contribution >= 0.6 is 24.0 Å². The first kappa shape index (κ1) is 16.0. The van der Waals surface area contributed by atoms with Crippen molar-refractivity contribution in [2.45, 2.75) is 19.1 Å². The number of aryl methyl sites for hydroxylation is 2. The predicted octanol–water partition coefficient (Wildman–Crippen LogP) is 4.15. The van der Waals surface area contributed by atoms with Gasteiger partial charge in [-0.05, 0) is 43.7 Å². The fourth-order valence-corrected chi connectivity index (χ4v) is 3.94. The van der Waals surface area contributed by atoms with Crippen LogP contribution in [0.5, 0.6) is 0 Å². The highest BCUT2D eigenvalue weighted by molar-refractivity contribution is 8.25. The van der Waals surface area contributed by atoms with Crippen molar-refractivity contribution >= 4 is 45.6 Å². The van der Waals surface area contributed by atoms with Gasteiger partial charge in [-0.15, -0.1) is 0 Å². The van der Waals surface area contributed by atoms with Gasteiger partial charge in [0.25, 0.3) is 0 Å². The monoisotopic (exact) mass is 342 g/mol. The minimum atomic E-state index is -0.190. The second-order valence-electron chi connectivity index (χ2n) is 5.63. The molecule has 0 radical (unpaired) electrons. The molecular weight excluding hydrogens is 324 g/mol. The molecule has 0 bridgehead atoms. The Morgan fingerprint density at radius 3 is 2.57 bits per heavy atom. The maximum absolute atomic E-state index is 12.7. The molecule has 3 nitrogen and oxygen atoms in total. The van der Waals surface area contributed by atoms with Crippen LogP contribution in [0.4, 0.5) is 11.4 Å². The highest BCUT2D eigenvalue weighted by Gasteiger charge is 2.37. The van der Waals surface area contributed by atoms with Gasteiger partial charge < -0.3 is 5.32 Å². The van der Waals surface area contributed by atoms with E-state index in [-0.39, 0.29) is 11.2 Å². The summed E-state index contributed by atoms with van der Waals surface area (Å²) >= 11 is 6.85. The number of hydrogen-bond donors (Lipinski definition) is 1. The molecule has 118 valence electrons. The van der Waals surface area contributed by atoms with E-state index in [4.69, 9.17) is 12.2 Å². The van der Waals surface area contributed by atoms with Crippen LogP contribution in [0.3, 0.4) is 0 Å².